The highest BCUT2D eigenvalue weighted by Gasteiger charge is 2.58. The van der Waals surface area contributed by atoms with Crippen molar-refractivity contribution < 1.29 is 19.4 Å². The molecule has 1 aromatic heterocycles. The number of Topliss-reactive ketones (excluding diaryl/α,β-unsaturated/α-hetero) is 1. The van der Waals surface area contributed by atoms with Crippen LogP contribution in [0.4, 0.5) is 0 Å². The molecule has 2 rings (SSSR count). The molecular weight excluding hydrogens is 210 g/mol. The summed E-state index contributed by atoms with van der Waals surface area (Å²) in [6, 6.07) is 4.94. The first-order chi connectivity index (χ1) is 7.66. The van der Waals surface area contributed by atoms with Gasteiger partial charge in [-0.3, -0.25) is 9.78 Å². The Morgan fingerprint density at radius 2 is 2.06 bits per heavy atom. The van der Waals surface area contributed by atoms with E-state index in [1.807, 2.05) is 0 Å². The van der Waals surface area contributed by atoms with Crippen LogP contribution in [0.1, 0.15) is 5.69 Å². The van der Waals surface area contributed by atoms with Crippen LogP contribution in [0.5, 0.6) is 0 Å². The topological polar surface area (TPSA) is 68.7 Å². The van der Waals surface area contributed by atoms with E-state index in [9.17, 15) is 9.90 Å². The van der Waals surface area contributed by atoms with Crippen LogP contribution < -0.4 is 0 Å². The fourth-order valence-corrected chi connectivity index (χ4v) is 1.71. The molecular formula is C11H11NO4. The molecule has 1 unspecified atom stereocenters. The molecule has 0 fully saturated rings. The molecule has 1 aliphatic carbocycles. The number of rotatable bonds is 3. The van der Waals surface area contributed by atoms with Crippen LogP contribution >= 0.6 is 0 Å². The molecule has 0 saturated heterocycles. The molecule has 16 heavy (non-hydrogen) atoms. The quantitative estimate of drug-likeness (QED) is 0.797. The van der Waals surface area contributed by atoms with Gasteiger partial charge in [0.2, 0.25) is 17.1 Å². The Labute approximate surface area is 92.3 Å². The lowest BCUT2D eigenvalue weighted by Gasteiger charge is -2.36. The van der Waals surface area contributed by atoms with Gasteiger partial charge in [0, 0.05) is 6.20 Å². The number of aliphatic hydroxyl groups is 1. The Morgan fingerprint density at radius 3 is 2.56 bits per heavy atom. The average molecular weight is 221 g/mol. The van der Waals surface area contributed by atoms with Gasteiger partial charge in [0.1, 0.15) is 0 Å². The van der Waals surface area contributed by atoms with Crippen LogP contribution in [0.3, 0.4) is 0 Å². The summed E-state index contributed by atoms with van der Waals surface area (Å²) in [5.41, 5.74) is -1.57. The normalized spacial score (nSPS) is 24.1. The molecule has 0 spiro atoms. The summed E-state index contributed by atoms with van der Waals surface area (Å²) in [5, 5.41) is 10.2. The van der Waals surface area contributed by atoms with Gasteiger partial charge in [-0.2, -0.15) is 0 Å². The molecule has 0 saturated carbocycles. The van der Waals surface area contributed by atoms with Crippen molar-refractivity contribution in [1.82, 2.24) is 4.98 Å². The molecule has 0 amide bonds. The molecule has 84 valence electrons. The number of pyridine rings is 1. The van der Waals surface area contributed by atoms with E-state index in [0.29, 0.717) is 0 Å². The minimum absolute atomic E-state index is 0.0376. The molecule has 1 aliphatic rings. The Kier molecular flexibility index (Phi) is 2.40. The van der Waals surface area contributed by atoms with E-state index in [2.05, 4.69) is 4.98 Å². The number of hydrogen-bond acceptors (Lipinski definition) is 5. The third-order valence-electron chi connectivity index (χ3n) is 2.51. The van der Waals surface area contributed by atoms with E-state index >= 15 is 0 Å². The molecule has 5 nitrogen and oxygen atoms in total. The minimum Gasteiger partial charge on any atom is -0.493 e. The van der Waals surface area contributed by atoms with E-state index in [0.717, 1.165) is 0 Å². The van der Waals surface area contributed by atoms with E-state index in [4.69, 9.17) is 9.47 Å². The van der Waals surface area contributed by atoms with Crippen molar-refractivity contribution in [3.8, 4) is 0 Å². The summed E-state index contributed by atoms with van der Waals surface area (Å²) in [4.78, 5) is 15.7. The van der Waals surface area contributed by atoms with Crippen molar-refractivity contribution in [2.75, 3.05) is 14.2 Å². The van der Waals surface area contributed by atoms with E-state index in [1.54, 1.807) is 18.2 Å². The maximum absolute atomic E-state index is 11.7. The van der Waals surface area contributed by atoms with Gasteiger partial charge in [-0.05, 0) is 12.1 Å². The zero-order chi connectivity index (χ0) is 11.8. The average Bonchev–Trinajstić information content (AvgIpc) is 2.35. The minimum atomic E-state index is -1.80. The smallest absolute Gasteiger partial charge is 0.246 e. The van der Waals surface area contributed by atoms with Crippen molar-refractivity contribution in [1.29, 1.82) is 0 Å². The Hall–Kier alpha value is -1.88. The highest BCUT2D eigenvalue weighted by Crippen LogP contribution is 2.42. The SMILES string of the molecule is COC1=C(OC)C(O)(c2ccccn2)C1=O. The van der Waals surface area contributed by atoms with Gasteiger partial charge in [-0.15, -0.1) is 0 Å². The van der Waals surface area contributed by atoms with Crippen molar-refractivity contribution in [3.05, 3.63) is 41.6 Å². The highest BCUT2D eigenvalue weighted by molar-refractivity contribution is 6.10. The summed E-state index contributed by atoms with van der Waals surface area (Å²) in [6.07, 6.45) is 1.50. The molecule has 1 heterocycles. The van der Waals surface area contributed by atoms with Crippen LogP contribution in [-0.2, 0) is 19.9 Å². The summed E-state index contributed by atoms with van der Waals surface area (Å²) < 4.78 is 9.81. The van der Waals surface area contributed by atoms with Crippen LogP contribution in [0.15, 0.2) is 35.9 Å². The number of ketones is 1. The van der Waals surface area contributed by atoms with E-state index in [1.165, 1.54) is 20.4 Å². The lowest BCUT2D eigenvalue weighted by molar-refractivity contribution is -0.147. The molecule has 1 atom stereocenters. The maximum atomic E-state index is 11.7. The number of hydrogen-bond donors (Lipinski definition) is 1. The van der Waals surface area contributed by atoms with Crippen LogP contribution in [0, 0.1) is 0 Å². The molecule has 0 radical (unpaired) electrons. The Balaban J connectivity index is 2.50. The van der Waals surface area contributed by atoms with Crippen molar-refractivity contribution >= 4 is 5.78 Å². The van der Waals surface area contributed by atoms with Crippen molar-refractivity contribution in [3.63, 3.8) is 0 Å². The first-order valence-electron chi connectivity index (χ1n) is 4.67. The first-order valence-corrected chi connectivity index (χ1v) is 4.67. The fourth-order valence-electron chi connectivity index (χ4n) is 1.71. The van der Waals surface area contributed by atoms with Gasteiger partial charge in [0.25, 0.3) is 0 Å². The van der Waals surface area contributed by atoms with E-state index in [-0.39, 0.29) is 17.2 Å². The third kappa shape index (κ3) is 1.15. The lowest BCUT2D eigenvalue weighted by atomic mass is 9.80. The second kappa shape index (κ2) is 3.61. The second-order valence-electron chi connectivity index (χ2n) is 3.32. The highest BCUT2D eigenvalue weighted by atomic mass is 16.5. The number of aromatic nitrogens is 1. The van der Waals surface area contributed by atoms with Crippen molar-refractivity contribution in [2.45, 2.75) is 5.60 Å². The van der Waals surface area contributed by atoms with Gasteiger partial charge >= 0.3 is 0 Å². The number of carbonyl (C=O) groups excluding carboxylic acids is 1. The predicted molar refractivity (Wildman–Crippen MR) is 54.2 cm³/mol. The van der Waals surface area contributed by atoms with Crippen LogP contribution in [-0.4, -0.2) is 30.1 Å². The standard InChI is InChI=1S/C11H11NO4/c1-15-8-9(13)11(14,10(8)16-2)7-5-3-4-6-12-7/h3-6,14H,1-2H3. The van der Waals surface area contributed by atoms with Crippen LogP contribution in [0.25, 0.3) is 0 Å². The number of carbonyl (C=O) groups is 1. The largest absolute Gasteiger partial charge is 0.493 e. The van der Waals surface area contributed by atoms with Gasteiger partial charge in [0.15, 0.2) is 5.76 Å². The molecule has 0 aromatic carbocycles. The fraction of sp³-hybridized carbons (Fsp3) is 0.273. The lowest BCUT2D eigenvalue weighted by Crippen LogP contribution is -2.50. The van der Waals surface area contributed by atoms with Gasteiger partial charge in [-0.25, -0.2) is 0 Å². The zero-order valence-corrected chi connectivity index (χ0v) is 8.93. The van der Waals surface area contributed by atoms with Crippen molar-refractivity contribution in [2.24, 2.45) is 0 Å². The Bertz CT molecular complexity index is 454. The zero-order valence-electron chi connectivity index (χ0n) is 8.93. The Morgan fingerprint density at radius 1 is 1.31 bits per heavy atom. The predicted octanol–water partition coefficient (Wildman–Crippen LogP) is 0.356. The molecule has 1 N–H and O–H groups in total. The number of ether oxygens (including phenoxy) is 2. The molecule has 0 aliphatic heterocycles. The van der Waals surface area contributed by atoms with Gasteiger partial charge < -0.3 is 14.6 Å². The monoisotopic (exact) mass is 221 g/mol. The summed E-state index contributed by atoms with van der Waals surface area (Å²) in [5.74, 6) is -0.403. The van der Waals surface area contributed by atoms with E-state index < -0.39 is 11.4 Å². The number of nitrogens with zero attached hydrogens (tertiary/aromatic N) is 1. The van der Waals surface area contributed by atoms with Gasteiger partial charge in [-0.1, -0.05) is 6.07 Å². The summed E-state index contributed by atoms with van der Waals surface area (Å²) in [6.45, 7) is 0. The summed E-state index contributed by atoms with van der Waals surface area (Å²) in [7, 11) is 2.72. The second-order valence-corrected chi connectivity index (χ2v) is 3.32. The maximum Gasteiger partial charge on any atom is 0.246 e. The molecule has 1 aromatic rings. The summed E-state index contributed by atoms with van der Waals surface area (Å²) >= 11 is 0. The number of methoxy groups -OCH3 is 2. The third-order valence-corrected chi connectivity index (χ3v) is 2.51. The van der Waals surface area contributed by atoms with Gasteiger partial charge in [0.05, 0.1) is 19.9 Å². The first kappa shape index (κ1) is 10.6. The van der Waals surface area contributed by atoms with Crippen LogP contribution in [0.2, 0.25) is 0 Å². The molecule has 5 heteroatoms. The molecule has 0 bridgehead atoms.